The third kappa shape index (κ3) is 3.84. The Morgan fingerprint density at radius 1 is 1.27 bits per heavy atom. The van der Waals surface area contributed by atoms with E-state index >= 15 is 0 Å². The molecule has 2 aromatic rings. The van der Waals surface area contributed by atoms with Gasteiger partial charge in [-0.15, -0.1) is 0 Å². The summed E-state index contributed by atoms with van der Waals surface area (Å²) in [7, 11) is 0. The van der Waals surface area contributed by atoms with Crippen LogP contribution in [0.5, 0.6) is 0 Å². The normalized spacial score (nSPS) is 10.7. The van der Waals surface area contributed by atoms with Crippen LogP contribution in [0, 0.1) is 13.8 Å². The average molecular weight is 320 g/mol. The number of nitrogens with zero attached hydrogens (tertiary/aromatic N) is 2. The summed E-state index contributed by atoms with van der Waals surface area (Å²) in [5.41, 5.74) is 1.82. The van der Waals surface area contributed by atoms with Crippen molar-refractivity contribution in [3.05, 3.63) is 56.1 Å². The predicted octanol–water partition coefficient (Wildman–Crippen LogP) is 1.55. The van der Waals surface area contributed by atoms with E-state index < -0.39 is 0 Å². The molecule has 0 aliphatic rings. The number of aryl methyl sites for hydroxylation is 1. The molecule has 0 spiro atoms. The van der Waals surface area contributed by atoms with Gasteiger partial charge in [-0.25, -0.2) is 0 Å². The molecule has 0 fully saturated rings. The zero-order valence-corrected chi connectivity index (χ0v) is 13.6. The van der Waals surface area contributed by atoms with Gasteiger partial charge in [0.15, 0.2) is 0 Å². The lowest BCUT2D eigenvalue weighted by molar-refractivity contribution is -0.133. The monoisotopic (exact) mass is 320 g/mol. The molecule has 1 aromatic heterocycles. The van der Waals surface area contributed by atoms with Crippen molar-refractivity contribution in [2.45, 2.75) is 26.9 Å². The Hall–Kier alpha value is -1.92. The number of aliphatic hydroxyl groups is 1. The van der Waals surface area contributed by atoms with Crippen LogP contribution in [0.15, 0.2) is 35.1 Å². The van der Waals surface area contributed by atoms with Crippen LogP contribution in [0.1, 0.15) is 16.1 Å². The zero-order chi connectivity index (χ0) is 16.1. The van der Waals surface area contributed by atoms with Gasteiger partial charge in [0.1, 0.15) is 6.54 Å². The summed E-state index contributed by atoms with van der Waals surface area (Å²) in [4.78, 5) is 26.8. The van der Waals surface area contributed by atoms with Gasteiger partial charge in [0.2, 0.25) is 5.91 Å². The Kier molecular flexibility index (Phi) is 5.51. The standard InChI is InChI=1S/C16H20N2O3S/c1-12-13(2)22-16(21)18(12)11-15(20)17(8-9-19)10-14-6-4-3-5-7-14/h3-7,19H,8-11H2,1-2H3. The molecular formula is C16H20N2O3S. The Labute approximate surface area is 133 Å². The van der Waals surface area contributed by atoms with E-state index in [1.165, 1.54) is 4.57 Å². The summed E-state index contributed by atoms with van der Waals surface area (Å²) in [6.45, 7) is 4.31. The van der Waals surface area contributed by atoms with Crippen molar-refractivity contribution in [3.8, 4) is 0 Å². The molecule has 0 aliphatic heterocycles. The highest BCUT2D eigenvalue weighted by Gasteiger charge is 2.17. The van der Waals surface area contributed by atoms with Crippen LogP contribution in [-0.4, -0.2) is 33.6 Å². The maximum absolute atomic E-state index is 12.5. The van der Waals surface area contributed by atoms with Crippen molar-refractivity contribution in [1.82, 2.24) is 9.47 Å². The lowest BCUT2D eigenvalue weighted by atomic mass is 10.2. The van der Waals surface area contributed by atoms with Gasteiger partial charge in [-0.05, 0) is 19.4 Å². The van der Waals surface area contributed by atoms with Crippen molar-refractivity contribution in [1.29, 1.82) is 0 Å². The van der Waals surface area contributed by atoms with E-state index in [0.717, 1.165) is 27.5 Å². The number of aromatic nitrogens is 1. The Balaban J connectivity index is 2.14. The van der Waals surface area contributed by atoms with Crippen LogP contribution in [0.3, 0.4) is 0 Å². The summed E-state index contributed by atoms with van der Waals surface area (Å²) in [5.74, 6) is -0.166. The molecule has 0 aliphatic carbocycles. The first-order chi connectivity index (χ1) is 10.5. The molecule has 5 nitrogen and oxygen atoms in total. The first kappa shape index (κ1) is 16.5. The van der Waals surface area contributed by atoms with Crippen molar-refractivity contribution >= 4 is 17.2 Å². The fourth-order valence-corrected chi connectivity index (χ4v) is 3.05. The van der Waals surface area contributed by atoms with Gasteiger partial charge in [-0.2, -0.15) is 0 Å². The predicted molar refractivity (Wildman–Crippen MR) is 87.0 cm³/mol. The number of benzene rings is 1. The van der Waals surface area contributed by atoms with E-state index in [0.29, 0.717) is 6.54 Å². The highest BCUT2D eigenvalue weighted by atomic mass is 32.1. The van der Waals surface area contributed by atoms with Crippen LogP contribution in [0.25, 0.3) is 0 Å². The number of carbonyl (C=O) groups excluding carboxylic acids is 1. The molecule has 0 saturated heterocycles. The van der Waals surface area contributed by atoms with E-state index in [2.05, 4.69) is 0 Å². The molecule has 0 atom stereocenters. The molecule has 0 unspecified atom stereocenters. The Morgan fingerprint density at radius 3 is 2.50 bits per heavy atom. The quantitative estimate of drug-likeness (QED) is 0.878. The largest absolute Gasteiger partial charge is 0.395 e. The van der Waals surface area contributed by atoms with Gasteiger partial charge in [-0.3, -0.25) is 14.2 Å². The van der Waals surface area contributed by atoms with E-state index in [1.807, 2.05) is 44.2 Å². The first-order valence-electron chi connectivity index (χ1n) is 7.12. The van der Waals surface area contributed by atoms with Crippen LogP contribution in [0.2, 0.25) is 0 Å². The summed E-state index contributed by atoms with van der Waals surface area (Å²) in [5, 5.41) is 9.18. The van der Waals surface area contributed by atoms with Gasteiger partial charge < -0.3 is 10.0 Å². The van der Waals surface area contributed by atoms with Gasteiger partial charge in [0, 0.05) is 23.7 Å². The second-order valence-electron chi connectivity index (χ2n) is 5.12. The number of aliphatic hydroxyl groups excluding tert-OH is 1. The molecule has 22 heavy (non-hydrogen) atoms. The summed E-state index contributed by atoms with van der Waals surface area (Å²) in [6.07, 6.45) is 0. The van der Waals surface area contributed by atoms with Crippen LogP contribution in [-0.2, 0) is 17.9 Å². The molecule has 6 heteroatoms. The highest BCUT2D eigenvalue weighted by molar-refractivity contribution is 7.09. The maximum Gasteiger partial charge on any atom is 0.308 e. The SMILES string of the molecule is Cc1sc(=O)n(CC(=O)N(CCO)Cc2ccccc2)c1C. The Bertz CT molecular complexity index is 691. The lowest BCUT2D eigenvalue weighted by Gasteiger charge is -2.22. The van der Waals surface area contributed by atoms with Crippen molar-refractivity contribution in [2.24, 2.45) is 0 Å². The van der Waals surface area contributed by atoms with E-state index in [9.17, 15) is 14.7 Å². The van der Waals surface area contributed by atoms with Gasteiger partial charge in [-0.1, -0.05) is 41.7 Å². The molecule has 1 aromatic carbocycles. The second kappa shape index (κ2) is 7.38. The fourth-order valence-electron chi connectivity index (χ4n) is 2.22. The Morgan fingerprint density at radius 2 is 1.95 bits per heavy atom. The van der Waals surface area contributed by atoms with Crippen molar-refractivity contribution < 1.29 is 9.90 Å². The third-order valence-corrected chi connectivity index (χ3v) is 4.60. The minimum absolute atomic E-state index is 0.0157. The summed E-state index contributed by atoms with van der Waals surface area (Å²) < 4.78 is 1.50. The molecule has 0 bridgehead atoms. The number of rotatable bonds is 6. The van der Waals surface area contributed by atoms with Crippen LogP contribution < -0.4 is 4.87 Å². The highest BCUT2D eigenvalue weighted by Crippen LogP contribution is 2.11. The number of hydrogen-bond acceptors (Lipinski definition) is 4. The van der Waals surface area contributed by atoms with Gasteiger partial charge >= 0.3 is 4.87 Å². The second-order valence-corrected chi connectivity index (χ2v) is 6.29. The van der Waals surface area contributed by atoms with Crippen molar-refractivity contribution in [3.63, 3.8) is 0 Å². The molecule has 2 rings (SSSR count). The number of hydrogen-bond donors (Lipinski definition) is 1. The molecule has 1 amide bonds. The molecule has 118 valence electrons. The van der Waals surface area contributed by atoms with Gasteiger partial charge in [0.25, 0.3) is 0 Å². The first-order valence-corrected chi connectivity index (χ1v) is 7.94. The van der Waals surface area contributed by atoms with E-state index in [4.69, 9.17) is 0 Å². The molecule has 0 radical (unpaired) electrons. The fraction of sp³-hybridized carbons (Fsp3) is 0.375. The van der Waals surface area contributed by atoms with Crippen LogP contribution >= 0.6 is 11.3 Å². The minimum atomic E-state index is -0.166. The number of amides is 1. The number of carbonyl (C=O) groups is 1. The summed E-state index contributed by atoms with van der Waals surface area (Å²) in [6, 6.07) is 9.61. The third-order valence-electron chi connectivity index (χ3n) is 3.61. The maximum atomic E-state index is 12.5. The molecule has 1 heterocycles. The average Bonchev–Trinajstić information content (AvgIpc) is 2.74. The van der Waals surface area contributed by atoms with Crippen LogP contribution in [0.4, 0.5) is 0 Å². The summed E-state index contributed by atoms with van der Waals surface area (Å²) >= 11 is 1.15. The number of thiazole rings is 1. The molecule has 1 N–H and O–H groups in total. The zero-order valence-electron chi connectivity index (χ0n) is 12.8. The smallest absolute Gasteiger partial charge is 0.308 e. The van der Waals surface area contributed by atoms with E-state index in [-0.39, 0.29) is 30.5 Å². The molecular weight excluding hydrogens is 300 g/mol. The molecule has 0 saturated carbocycles. The van der Waals surface area contributed by atoms with Crippen molar-refractivity contribution in [2.75, 3.05) is 13.2 Å². The minimum Gasteiger partial charge on any atom is -0.395 e. The van der Waals surface area contributed by atoms with E-state index in [1.54, 1.807) is 4.90 Å². The topological polar surface area (TPSA) is 62.5 Å². The van der Waals surface area contributed by atoms with Gasteiger partial charge in [0.05, 0.1) is 6.61 Å². The lowest BCUT2D eigenvalue weighted by Crippen LogP contribution is -2.37.